The van der Waals surface area contributed by atoms with Crippen molar-refractivity contribution in [2.45, 2.75) is 18.4 Å². The normalized spacial score (nSPS) is 11.3. The van der Waals surface area contributed by atoms with Crippen LogP contribution in [0.5, 0.6) is 0 Å². The monoisotopic (exact) mass is 254 g/mol. The van der Waals surface area contributed by atoms with Gasteiger partial charge in [-0.05, 0) is 24.1 Å². The van der Waals surface area contributed by atoms with Crippen molar-refractivity contribution in [3.05, 3.63) is 30.1 Å². The second-order valence-electron chi connectivity index (χ2n) is 4.16. The summed E-state index contributed by atoms with van der Waals surface area (Å²) >= 11 is 0. The number of carbonyl (C=O) groups excluding carboxylic acids is 1. The molecule has 0 aromatic carbocycles. The zero-order chi connectivity index (χ0) is 13.4. The number of pyridine rings is 1. The topological polar surface area (TPSA) is 103 Å². The molecule has 0 atom stereocenters. The third-order valence-corrected chi connectivity index (χ3v) is 2.70. The van der Waals surface area contributed by atoms with Gasteiger partial charge in [-0.25, -0.2) is 0 Å². The van der Waals surface area contributed by atoms with Gasteiger partial charge in [0.15, 0.2) is 0 Å². The maximum Gasteiger partial charge on any atom is 0.220 e. The summed E-state index contributed by atoms with van der Waals surface area (Å²) in [5, 5.41) is 29.6. The Balaban J connectivity index is 2.46. The number of nitrogens with one attached hydrogen (secondary N) is 1. The summed E-state index contributed by atoms with van der Waals surface area (Å²) in [7, 11) is 0. The van der Waals surface area contributed by atoms with E-state index in [0.717, 1.165) is 5.56 Å². The van der Waals surface area contributed by atoms with Crippen molar-refractivity contribution in [2.75, 3.05) is 19.8 Å². The third-order valence-electron chi connectivity index (χ3n) is 2.70. The minimum absolute atomic E-state index is 0.214. The molecule has 0 saturated heterocycles. The van der Waals surface area contributed by atoms with E-state index in [0.29, 0.717) is 6.42 Å². The molecular formula is C12H18N2O4. The van der Waals surface area contributed by atoms with Crippen molar-refractivity contribution >= 4 is 5.91 Å². The van der Waals surface area contributed by atoms with Gasteiger partial charge < -0.3 is 20.6 Å². The molecule has 0 saturated carbocycles. The van der Waals surface area contributed by atoms with Gasteiger partial charge in [0.25, 0.3) is 0 Å². The van der Waals surface area contributed by atoms with Crippen LogP contribution in [0, 0.1) is 0 Å². The Morgan fingerprint density at radius 3 is 2.22 bits per heavy atom. The van der Waals surface area contributed by atoms with Crippen molar-refractivity contribution in [2.24, 2.45) is 0 Å². The lowest BCUT2D eigenvalue weighted by Crippen LogP contribution is -2.57. The van der Waals surface area contributed by atoms with Gasteiger partial charge in [0.2, 0.25) is 5.91 Å². The molecule has 0 radical (unpaired) electrons. The number of rotatable bonds is 7. The van der Waals surface area contributed by atoms with Crippen LogP contribution < -0.4 is 5.32 Å². The molecule has 6 heteroatoms. The maximum atomic E-state index is 11.6. The van der Waals surface area contributed by atoms with Crippen molar-refractivity contribution in [1.82, 2.24) is 10.3 Å². The van der Waals surface area contributed by atoms with Crippen molar-refractivity contribution in [1.29, 1.82) is 0 Å². The molecule has 0 aliphatic carbocycles. The molecule has 4 N–H and O–H groups in total. The van der Waals surface area contributed by atoms with E-state index in [-0.39, 0.29) is 12.3 Å². The largest absolute Gasteiger partial charge is 0.394 e. The van der Waals surface area contributed by atoms with Crippen LogP contribution >= 0.6 is 0 Å². The molecule has 6 nitrogen and oxygen atoms in total. The number of amides is 1. The SMILES string of the molecule is O=C(CCc1ccncc1)NC(CO)(CO)CO. The first-order valence-corrected chi connectivity index (χ1v) is 5.68. The van der Waals surface area contributed by atoms with Gasteiger partial charge in [0.1, 0.15) is 5.54 Å². The molecule has 1 amide bonds. The lowest BCUT2D eigenvalue weighted by molar-refractivity contribution is -0.125. The van der Waals surface area contributed by atoms with E-state index in [4.69, 9.17) is 15.3 Å². The number of nitrogens with zero attached hydrogens (tertiary/aromatic N) is 1. The van der Waals surface area contributed by atoms with Gasteiger partial charge in [0.05, 0.1) is 19.8 Å². The zero-order valence-electron chi connectivity index (χ0n) is 10.0. The number of carbonyl (C=O) groups is 1. The molecule has 0 unspecified atom stereocenters. The molecule has 1 aromatic rings. The number of aliphatic hydroxyl groups is 3. The summed E-state index contributed by atoms with van der Waals surface area (Å²) in [6.45, 7) is -1.54. The van der Waals surface area contributed by atoms with E-state index in [1.807, 2.05) is 12.1 Å². The second-order valence-corrected chi connectivity index (χ2v) is 4.16. The van der Waals surface area contributed by atoms with Crippen LogP contribution in [0.2, 0.25) is 0 Å². The standard InChI is InChI=1S/C12H18N2O4/c15-7-12(8-16,9-17)14-11(18)2-1-10-3-5-13-6-4-10/h3-6,15-17H,1-2,7-9H2,(H,14,18). The summed E-state index contributed by atoms with van der Waals surface area (Å²) in [5.41, 5.74) is -0.377. The second kappa shape index (κ2) is 7.05. The number of hydrogen-bond acceptors (Lipinski definition) is 5. The first kappa shape index (κ1) is 14.6. The highest BCUT2D eigenvalue weighted by molar-refractivity contribution is 5.77. The highest BCUT2D eigenvalue weighted by Gasteiger charge is 2.29. The van der Waals surface area contributed by atoms with Crippen LogP contribution in [-0.4, -0.2) is 51.6 Å². The molecule has 1 rings (SSSR count). The Labute approximate surface area is 105 Å². The summed E-state index contributed by atoms with van der Waals surface area (Å²) in [6.07, 6.45) is 4.04. The summed E-state index contributed by atoms with van der Waals surface area (Å²) in [6, 6.07) is 3.62. The molecule has 0 bridgehead atoms. The van der Waals surface area contributed by atoms with E-state index in [9.17, 15) is 4.79 Å². The number of aliphatic hydroxyl groups excluding tert-OH is 3. The Morgan fingerprint density at radius 1 is 1.17 bits per heavy atom. The molecular weight excluding hydrogens is 236 g/mol. The van der Waals surface area contributed by atoms with E-state index in [1.165, 1.54) is 0 Å². The molecule has 1 heterocycles. The summed E-state index contributed by atoms with van der Waals surface area (Å²) in [4.78, 5) is 15.5. The van der Waals surface area contributed by atoms with Gasteiger partial charge in [0, 0.05) is 18.8 Å². The fourth-order valence-electron chi connectivity index (χ4n) is 1.43. The number of aryl methyl sites for hydroxylation is 1. The molecule has 0 aliphatic heterocycles. The Morgan fingerprint density at radius 2 is 1.72 bits per heavy atom. The van der Waals surface area contributed by atoms with E-state index in [1.54, 1.807) is 12.4 Å². The number of hydrogen-bond donors (Lipinski definition) is 4. The molecule has 1 aromatic heterocycles. The van der Waals surface area contributed by atoms with Crippen molar-refractivity contribution in [3.8, 4) is 0 Å². The minimum atomic E-state index is -1.35. The first-order valence-electron chi connectivity index (χ1n) is 5.68. The third kappa shape index (κ3) is 4.06. The smallest absolute Gasteiger partial charge is 0.220 e. The van der Waals surface area contributed by atoms with Crippen molar-refractivity contribution in [3.63, 3.8) is 0 Å². The molecule has 18 heavy (non-hydrogen) atoms. The molecule has 100 valence electrons. The lowest BCUT2D eigenvalue weighted by Gasteiger charge is -2.28. The van der Waals surface area contributed by atoms with Crippen LogP contribution in [-0.2, 0) is 11.2 Å². The van der Waals surface area contributed by atoms with Crippen LogP contribution in [0.25, 0.3) is 0 Å². The first-order chi connectivity index (χ1) is 8.65. The van der Waals surface area contributed by atoms with Gasteiger partial charge in [-0.15, -0.1) is 0 Å². The molecule has 0 fully saturated rings. The highest BCUT2D eigenvalue weighted by Crippen LogP contribution is 2.05. The van der Waals surface area contributed by atoms with Gasteiger partial charge in [-0.2, -0.15) is 0 Å². The van der Waals surface area contributed by atoms with E-state index >= 15 is 0 Å². The highest BCUT2D eigenvalue weighted by atomic mass is 16.3. The summed E-state index contributed by atoms with van der Waals surface area (Å²) in [5.74, 6) is -0.330. The minimum Gasteiger partial charge on any atom is -0.394 e. The number of aromatic nitrogens is 1. The van der Waals surface area contributed by atoms with E-state index < -0.39 is 25.4 Å². The summed E-state index contributed by atoms with van der Waals surface area (Å²) < 4.78 is 0. The van der Waals surface area contributed by atoms with Crippen LogP contribution in [0.1, 0.15) is 12.0 Å². The predicted molar refractivity (Wildman–Crippen MR) is 64.7 cm³/mol. The zero-order valence-corrected chi connectivity index (χ0v) is 10.0. The average molecular weight is 254 g/mol. The van der Waals surface area contributed by atoms with E-state index in [2.05, 4.69) is 10.3 Å². The van der Waals surface area contributed by atoms with Crippen LogP contribution in [0.4, 0.5) is 0 Å². The van der Waals surface area contributed by atoms with Crippen LogP contribution in [0.3, 0.4) is 0 Å². The molecule has 0 spiro atoms. The van der Waals surface area contributed by atoms with Crippen molar-refractivity contribution < 1.29 is 20.1 Å². The maximum absolute atomic E-state index is 11.6. The van der Waals surface area contributed by atoms with Gasteiger partial charge >= 0.3 is 0 Å². The fourth-order valence-corrected chi connectivity index (χ4v) is 1.43. The van der Waals surface area contributed by atoms with Gasteiger partial charge in [-0.1, -0.05) is 0 Å². The predicted octanol–water partition coefficient (Wildman–Crippen LogP) is -1.15. The molecule has 0 aliphatic rings. The Hall–Kier alpha value is -1.50. The Bertz CT molecular complexity index is 357. The average Bonchev–Trinajstić information content (AvgIpc) is 2.44. The lowest BCUT2D eigenvalue weighted by atomic mass is 10.0. The fraction of sp³-hybridized carbons (Fsp3) is 0.500. The van der Waals surface area contributed by atoms with Gasteiger partial charge in [-0.3, -0.25) is 9.78 Å². The quantitative estimate of drug-likeness (QED) is 0.492. The van der Waals surface area contributed by atoms with Crippen LogP contribution in [0.15, 0.2) is 24.5 Å². The Kier molecular flexibility index (Phi) is 5.70.